The van der Waals surface area contributed by atoms with E-state index in [0.29, 0.717) is 19.1 Å². The van der Waals surface area contributed by atoms with Gasteiger partial charge in [0.1, 0.15) is 15.7 Å². The Hall–Kier alpha value is -1.37. The molecular weight excluding hydrogens is 333 g/mol. The number of aromatic nitrogens is 3. The van der Waals surface area contributed by atoms with Crippen molar-refractivity contribution in [2.24, 2.45) is 0 Å². The summed E-state index contributed by atoms with van der Waals surface area (Å²) < 4.78 is 19.2. The van der Waals surface area contributed by atoms with Gasteiger partial charge in [0.15, 0.2) is 5.95 Å². The number of anilines is 2. The number of rotatable bonds is 6. The van der Waals surface area contributed by atoms with Crippen LogP contribution in [-0.2, 0) is 9.09 Å². The molecule has 3 heterocycles. The quantitative estimate of drug-likeness (QED) is 0.688. The molecule has 0 spiro atoms. The number of hydrogen-bond donors (Lipinski definition) is 3. The fourth-order valence-corrected chi connectivity index (χ4v) is 6.68. The summed E-state index contributed by atoms with van der Waals surface area (Å²) in [5.74, 6) is 0.677. The van der Waals surface area contributed by atoms with Crippen LogP contribution in [0.25, 0.3) is 0 Å². The molecule has 0 radical (unpaired) electrons. The molecule has 1 aliphatic rings. The molecule has 3 rings (SSSR count). The van der Waals surface area contributed by atoms with Crippen LogP contribution in [0.4, 0.5) is 10.9 Å². The summed E-state index contributed by atoms with van der Waals surface area (Å²) in [6, 6.07) is 0. The van der Waals surface area contributed by atoms with E-state index in [9.17, 15) is 4.57 Å². The normalized spacial score (nSPS) is 25.4. The van der Waals surface area contributed by atoms with Crippen LogP contribution in [0.5, 0.6) is 0 Å². The van der Waals surface area contributed by atoms with Gasteiger partial charge in [-0.05, 0) is 13.3 Å². The Kier molecular flexibility index (Phi) is 4.75. The molecule has 9 heteroatoms. The second-order valence-corrected chi connectivity index (χ2v) is 9.83. The molecule has 1 aliphatic heterocycles. The van der Waals surface area contributed by atoms with E-state index in [4.69, 9.17) is 4.52 Å². The van der Waals surface area contributed by atoms with Crippen molar-refractivity contribution < 1.29 is 9.09 Å². The Morgan fingerprint density at radius 1 is 1.61 bits per heavy atom. The Morgan fingerprint density at radius 3 is 3.00 bits per heavy atom. The fraction of sp³-hybridized carbons (Fsp3) is 0.571. The van der Waals surface area contributed by atoms with Gasteiger partial charge in [0, 0.05) is 25.4 Å². The molecule has 0 saturated carbocycles. The highest BCUT2D eigenvalue weighted by Crippen LogP contribution is 2.67. The number of H-pyrrole nitrogens is 1. The molecule has 2 aromatic heterocycles. The van der Waals surface area contributed by atoms with Crippen molar-refractivity contribution in [2.45, 2.75) is 31.6 Å². The van der Waals surface area contributed by atoms with Crippen molar-refractivity contribution in [1.82, 2.24) is 15.0 Å². The van der Waals surface area contributed by atoms with Gasteiger partial charge in [0.25, 0.3) is 0 Å². The lowest BCUT2D eigenvalue weighted by atomic mass is 10.3. The van der Waals surface area contributed by atoms with Gasteiger partial charge in [-0.25, -0.2) is 9.97 Å². The van der Waals surface area contributed by atoms with Crippen LogP contribution in [0, 0.1) is 6.92 Å². The zero-order chi connectivity index (χ0) is 16.4. The lowest BCUT2D eigenvalue weighted by Crippen LogP contribution is -2.17. The maximum atomic E-state index is 13.4. The van der Waals surface area contributed by atoms with Crippen molar-refractivity contribution in [3.05, 3.63) is 23.1 Å². The number of aryl methyl sites for hydroxylation is 1. The molecule has 3 unspecified atom stereocenters. The molecule has 3 atom stereocenters. The molecule has 1 saturated heterocycles. The van der Waals surface area contributed by atoms with Crippen molar-refractivity contribution in [2.75, 3.05) is 30.8 Å². The summed E-state index contributed by atoms with van der Waals surface area (Å²) in [5, 5.41) is 8.11. The van der Waals surface area contributed by atoms with E-state index >= 15 is 0 Å². The minimum Gasteiger partial charge on any atom is -0.379 e. The Labute approximate surface area is 139 Å². The van der Waals surface area contributed by atoms with Crippen LogP contribution in [0.1, 0.15) is 29.7 Å². The molecule has 7 nitrogen and oxygen atoms in total. The standard InChI is InChI=1S/C14H22N5O2PS/c1-9-6-17-14(19-9)18-7-11(13-16-8-12(15-3)23-13)22(20)10(2)4-5-21-22/h6,8,10-11,15H,4-5,7H2,1-3H3,(H2,17,18,19). The molecule has 0 bridgehead atoms. The van der Waals surface area contributed by atoms with E-state index in [1.54, 1.807) is 6.20 Å². The first kappa shape index (κ1) is 16.5. The van der Waals surface area contributed by atoms with E-state index in [1.165, 1.54) is 11.3 Å². The minimum atomic E-state index is -2.80. The van der Waals surface area contributed by atoms with Crippen molar-refractivity contribution in [3.63, 3.8) is 0 Å². The third-order valence-electron chi connectivity index (χ3n) is 4.10. The first-order chi connectivity index (χ1) is 11.0. The molecule has 1 fully saturated rings. The monoisotopic (exact) mass is 355 g/mol. The minimum absolute atomic E-state index is 0.0505. The molecule has 23 heavy (non-hydrogen) atoms. The number of imidazole rings is 1. The third-order valence-corrected chi connectivity index (χ3v) is 8.77. The topological polar surface area (TPSA) is 91.9 Å². The van der Waals surface area contributed by atoms with Gasteiger partial charge in [-0.15, -0.1) is 11.3 Å². The van der Waals surface area contributed by atoms with Gasteiger partial charge in [-0.1, -0.05) is 6.92 Å². The van der Waals surface area contributed by atoms with Gasteiger partial charge in [0.2, 0.25) is 7.37 Å². The number of thiazole rings is 1. The highest BCUT2D eigenvalue weighted by molar-refractivity contribution is 7.60. The highest BCUT2D eigenvalue weighted by atomic mass is 32.1. The Morgan fingerprint density at radius 2 is 2.43 bits per heavy atom. The molecule has 0 aromatic carbocycles. The van der Waals surface area contributed by atoms with Crippen molar-refractivity contribution in [1.29, 1.82) is 0 Å². The Bertz CT molecular complexity index is 716. The van der Waals surface area contributed by atoms with E-state index in [1.807, 2.05) is 27.1 Å². The second-order valence-electron chi connectivity index (χ2n) is 5.72. The number of nitrogens with one attached hydrogen (secondary N) is 3. The number of hydrogen-bond acceptors (Lipinski definition) is 7. The summed E-state index contributed by atoms with van der Waals surface area (Å²) in [4.78, 5) is 11.9. The van der Waals surface area contributed by atoms with Gasteiger partial charge < -0.3 is 20.1 Å². The molecular formula is C14H22N5O2PS. The van der Waals surface area contributed by atoms with Crippen LogP contribution < -0.4 is 10.6 Å². The summed E-state index contributed by atoms with van der Waals surface area (Å²) in [7, 11) is -0.950. The number of nitrogens with zero attached hydrogens (tertiary/aromatic N) is 2. The fourth-order valence-electron chi connectivity index (χ4n) is 2.69. The molecule has 3 N–H and O–H groups in total. The van der Waals surface area contributed by atoms with E-state index in [2.05, 4.69) is 25.6 Å². The van der Waals surface area contributed by atoms with Gasteiger partial charge in [0.05, 0.1) is 18.5 Å². The number of aromatic amines is 1. The molecule has 0 aliphatic carbocycles. The highest BCUT2D eigenvalue weighted by Gasteiger charge is 2.45. The largest absolute Gasteiger partial charge is 0.379 e. The maximum absolute atomic E-state index is 13.4. The van der Waals surface area contributed by atoms with Crippen LogP contribution in [-0.4, -0.2) is 40.8 Å². The zero-order valence-corrected chi connectivity index (χ0v) is 15.2. The summed E-state index contributed by atoms with van der Waals surface area (Å²) in [5.41, 5.74) is 0.694. The lowest BCUT2D eigenvalue weighted by molar-refractivity contribution is 0.344. The van der Waals surface area contributed by atoms with Crippen LogP contribution in [0.2, 0.25) is 0 Å². The first-order valence-electron chi connectivity index (χ1n) is 7.66. The predicted octanol–water partition coefficient (Wildman–Crippen LogP) is 3.46. The van der Waals surface area contributed by atoms with Crippen molar-refractivity contribution >= 4 is 29.7 Å². The molecule has 126 valence electrons. The first-order valence-corrected chi connectivity index (χ1v) is 10.2. The average Bonchev–Trinajstić information content (AvgIpc) is 3.23. The van der Waals surface area contributed by atoms with Crippen molar-refractivity contribution in [3.8, 4) is 0 Å². The van der Waals surface area contributed by atoms with Crippen LogP contribution >= 0.6 is 18.7 Å². The van der Waals surface area contributed by atoms with Crippen LogP contribution in [0.15, 0.2) is 12.4 Å². The SMILES string of the molecule is CNc1cnc(C(CNc2nc(C)c[nH]2)P2(=O)OCCC2C)s1. The summed E-state index contributed by atoms with van der Waals surface area (Å²) in [6.07, 6.45) is 4.44. The smallest absolute Gasteiger partial charge is 0.217 e. The van der Waals surface area contributed by atoms with Gasteiger partial charge in [-0.2, -0.15) is 0 Å². The zero-order valence-electron chi connectivity index (χ0n) is 13.5. The average molecular weight is 355 g/mol. The van der Waals surface area contributed by atoms with Gasteiger partial charge >= 0.3 is 0 Å². The predicted molar refractivity (Wildman–Crippen MR) is 93.9 cm³/mol. The van der Waals surface area contributed by atoms with Gasteiger partial charge in [-0.3, -0.25) is 4.57 Å². The molecule has 0 amide bonds. The van der Waals surface area contributed by atoms with Crippen LogP contribution in [0.3, 0.4) is 0 Å². The van der Waals surface area contributed by atoms with E-state index in [-0.39, 0.29) is 11.3 Å². The Balaban J connectivity index is 1.85. The van der Waals surface area contributed by atoms with E-state index < -0.39 is 7.37 Å². The third kappa shape index (κ3) is 3.29. The maximum Gasteiger partial charge on any atom is 0.217 e. The lowest BCUT2D eigenvalue weighted by Gasteiger charge is -2.25. The second kappa shape index (κ2) is 6.63. The summed E-state index contributed by atoms with van der Waals surface area (Å²) >= 11 is 1.52. The molecule has 2 aromatic rings. The van der Waals surface area contributed by atoms with E-state index in [0.717, 1.165) is 22.1 Å². The summed E-state index contributed by atoms with van der Waals surface area (Å²) in [6.45, 7) is 4.96.